The highest BCUT2D eigenvalue weighted by molar-refractivity contribution is 6.31. The van der Waals surface area contributed by atoms with Gasteiger partial charge >= 0.3 is 0 Å². The molecule has 1 aromatic rings. The first-order valence-corrected chi connectivity index (χ1v) is 6.65. The second-order valence-electron chi connectivity index (χ2n) is 4.06. The van der Waals surface area contributed by atoms with Crippen molar-refractivity contribution in [2.45, 2.75) is 33.2 Å². The van der Waals surface area contributed by atoms with E-state index in [-0.39, 0.29) is 5.91 Å². The minimum absolute atomic E-state index is 0.0651. The predicted octanol–water partition coefficient (Wildman–Crippen LogP) is 1.25. The maximum Gasteiger partial charge on any atom is 0.221 e. The molecule has 1 amide bonds. The zero-order valence-electron chi connectivity index (χ0n) is 11.2. The number of nitrogens with zero attached hydrogens (tertiary/aromatic N) is 2. The molecule has 0 fully saturated rings. The van der Waals surface area contributed by atoms with Gasteiger partial charge in [0.25, 0.3) is 0 Å². The number of amides is 1. The van der Waals surface area contributed by atoms with Gasteiger partial charge in [0.15, 0.2) is 0 Å². The van der Waals surface area contributed by atoms with Crippen molar-refractivity contribution in [3.63, 3.8) is 0 Å². The smallest absolute Gasteiger partial charge is 0.221 e. The van der Waals surface area contributed by atoms with Crippen molar-refractivity contribution in [2.24, 2.45) is 7.05 Å². The number of carbonyl (C=O) groups excluding carboxylic acids is 1. The topological polar surface area (TPSA) is 59.0 Å². The monoisotopic (exact) mass is 272 g/mol. The highest BCUT2D eigenvalue weighted by atomic mass is 35.5. The summed E-state index contributed by atoms with van der Waals surface area (Å²) in [7, 11) is 1.88. The van der Waals surface area contributed by atoms with E-state index in [1.54, 1.807) is 4.68 Å². The molecule has 1 heterocycles. The Balaban J connectivity index is 2.40. The molecule has 0 unspecified atom stereocenters. The van der Waals surface area contributed by atoms with Crippen LogP contribution in [0.15, 0.2) is 0 Å². The number of rotatable bonds is 7. The van der Waals surface area contributed by atoms with Gasteiger partial charge in [-0.25, -0.2) is 0 Å². The van der Waals surface area contributed by atoms with Crippen molar-refractivity contribution in [1.29, 1.82) is 0 Å². The largest absolute Gasteiger partial charge is 0.356 e. The van der Waals surface area contributed by atoms with Gasteiger partial charge in [0.05, 0.1) is 16.4 Å². The number of hydrogen-bond donors (Lipinski definition) is 2. The number of aromatic nitrogens is 2. The second-order valence-corrected chi connectivity index (χ2v) is 4.44. The minimum atomic E-state index is 0.0651. The third-order valence-electron chi connectivity index (χ3n) is 2.70. The Hall–Kier alpha value is -1.07. The van der Waals surface area contributed by atoms with Gasteiger partial charge in [-0.1, -0.05) is 18.5 Å². The molecule has 5 nitrogen and oxygen atoms in total. The Morgan fingerprint density at radius 2 is 2.17 bits per heavy atom. The quantitative estimate of drug-likeness (QED) is 0.735. The van der Waals surface area contributed by atoms with Crippen LogP contribution in [0.5, 0.6) is 0 Å². The van der Waals surface area contributed by atoms with Crippen LogP contribution in [-0.4, -0.2) is 28.8 Å². The molecule has 0 aliphatic carbocycles. The van der Waals surface area contributed by atoms with Gasteiger partial charge in [-0.3, -0.25) is 9.48 Å². The van der Waals surface area contributed by atoms with Gasteiger partial charge in [-0.15, -0.1) is 0 Å². The van der Waals surface area contributed by atoms with Crippen molar-refractivity contribution in [2.75, 3.05) is 13.1 Å². The van der Waals surface area contributed by atoms with Crippen molar-refractivity contribution in [3.05, 3.63) is 16.4 Å². The zero-order chi connectivity index (χ0) is 13.5. The molecule has 0 bridgehead atoms. The third-order valence-corrected chi connectivity index (χ3v) is 3.13. The highest BCUT2D eigenvalue weighted by Crippen LogP contribution is 2.20. The molecule has 0 saturated heterocycles. The zero-order valence-corrected chi connectivity index (χ0v) is 12.0. The number of aryl methyl sites for hydroxylation is 2. The first-order valence-electron chi connectivity index (χ1n) is 6.27. The molecule has 2 N–H and O–H groups in total. The lowest BCUT2D eigenvalue weighted by atomic mass is 10.3. The van der Waals surface area contributed by atoms with E-state index >= 15 is 0 Å². The van der Waals surface area contributed by atoms with Crippen molar-refractivity contribution in [1.82, 2.24) is 20.4 Å². The van der Waals surface area contributed by atoms with Crippen LogP contribution in [0, 0.1) is 0 Å². The van der Waals surface area contributed by atoms with E-state index < -0.39 is 0 Å². The lowest BCUT2D eigenvalue weighted by molar-refractivity contribution is -0.120. The van der Waals surface area contributed by atoms with Crippen LogP contribution in [0.3, 0.4) is 0 Å². The first-order chi connectivity index (χ1) is 8.60. The first kappa shape index (κ1) is 15.0. The third kappa shape index (κ3) is 3.99. The summed E-state index contributed by atoms with van der Waals surface area (Å²) in [6.45, 7) is 5.87. The summed E-state index contributed by atoms with van der Waals surface area (Å²) in [5.74, 6) is 0.0651. The summed E-state index contributed by atoms with van der Waals surface area (Å²) in [6, 6.07) is 0. The van der Waals surface area contributed by atoms with Gasteiger partial charge in [-0.05, 0) is 13.3 Å². The number of nitrogens with one attached hydrogen (secondary N) is 2. The maximum absolute atomic E-state index is 11.2. The Labute approximate surface area is 113 Å². The molecule has 0 aliphatic heterocycles. The van der Waals surface area contributed by atoms with Crippen LogP contribution in [0.2, 0.25) is 5.02 Å². The molecule has 0 radical (unpaired) electrons. The molecular formula is C12H21ClN4O. The summed E-state index contributed by atoms with van der Waals surface area (Å²) in [5.41, 5.74) is 1.88. The number of carbonyl (C=O) groups is 1. The van der Waals surface area contributed by atoms with Gasteiger partial charge in [0, 0.05) is 33.1 Å². The van der Waals surface area contributed by atoms with Crippen LogP contribution in [0.1, 0.15) is 31.7 Å². The number of hydrogen-bond acceptors (Lipinski definition) is 3. The highest BCUT2D eigenvalue weighted by Gasteiger charge is 2.12. The molecule has 1 aromatic heterocycles. The Morgan fingerprint density at radius 1 is 1.44 bits per heavy atom. The fourth-order valence-electron chi connectivity index (χ4n) is 1.71. The standard InChI is InChI=1S/C12H21ClN4O/c1-4-9-12(13)10(17(3)16-9)8-14-7-6-11(18)15-5-2/h14H,4-8H2,1-3H3,(H,15,18). The van der Waals surface area contributed by atoms with Gasteiger partial charge < -0.3 is 10.6 Å². The van der Waals surface area contributed by atoms with Crippen molar-refractivity contribution < 1.29 is 4.79 Å². The molecule has 0 aliphatic rings. The van der Waals surface area contributed by atoms with E-state index in [2.05, 4.69) is 15.7 Å². The fourth-order valence-corrected chi connectivity index (χ4v) is 2.07. The summed E-state index contributed by atoms with van der Waals surface area (Å²) < 4.78 is 1.79. The van der Waals surface area contributed by atoms with Gasteiger partial charge in [-0.2, -0.15) is 5.10 Å². The van der Waals surface area contributed by atoms with E-state index in [9.17, 15) is 4.79 Å². The Bertz CT molecular complexity index is 403. The summed E-state index contributed by atoms with van der Waals surface area (Å²) in [6.07, 6.45) is 1.30. The molecule has 0 aromatic carbocycles. The fraction of sp³-hybridized carbons (Fsp3) is 0.667. The molecule has 18 heavy (non-hydrogen) atoms. The van der Waals surface area contributed by atoms with Crippen LogP contribution >= 0.6 is 11.6 Å². The van der Waals surface area contributed by atoms with Crippen LogP contribution in [0.25, 0.3) is 0 Å². The lowest BCUT2D eigenvalue weighted by Gasteiger charge is -2.06. The van der Waals surface area contributed by atoms with E-state index in [0.29, 0.717) is 26.1 Å². The van der Waals surface area contributed by atoms with E-state index in [0.717, 1.165) is 22.8 Å². The molecule has 102 valence electrons. The summed E-state index contributed by atoms with van der Waals surface area (Å²) in [5, 5.41) is 11.0. The molecule has 6 heteroatoms. The van der Waals surface area contributed by atoms with Crippen molar-refractivity contribution >= 4 is 17.5 Å². The van der Waals surface area contributed by atoms with E-state index in [4.69, 9.17) is 11.6 Å². The average molecular weight is 273 g/mol. The Morgan fingerprint density at radius 3 is 2.72 bits per heavy atom. The lowest BCUT2D eigenvalue weighted by Crippen LogP contribution is -2.27. The van der Waals surface area contributed by atoms with Crippen LogP contribution in [0.4, 0.5) is 0 Å². The molecule has 1 rings (SSSR count). The van der Waals surface area contributed by atoms with Crippen LogP contribution in [-0.2, 0) is 24.8 Å². The van der Waals surface area contributed by atoms with Gasteiger partial charge in [0.2, 0.25) is 5.91 Å². The predicted molar refractivity (Wildman–Crippen MR) is 72.6 cm³/mol. The van der Waals surface area contributed by atoms with E-state index in [1.165, 1.54) is 0 Å². The average Bonchev–Trinajstić information content (AvgIpc) is 2.61. The second kappa shape index (κ2) is 7.38. The molecule has 0 spiro atoms. The number of halogens is 1. The molecule has 0 saturated carbocycles. The summed E-state index contributed by atoms with van der Waals surface area (Å²) in [4.78, 5) is 11.2. The molecule has 0 atom stereocenters. The normalized spacial score (nSPS) is 10.7. The van der Waals surface area contributed by atoms with E-state index in [1.807, 2.05) is 20.9 Å². The summed E-state index contributed by atoms with van der Waals surface area (Å²) >= 11 is 6.22. The van der Waals surface area contributed by atoms with Crippen molar-refractivity contribution in [3.8, 4) is 0 Å². The van der Waals surface area contributed by atoms with Gasteiger partial charge in [0.1, 0.15) is 0 Å². The molecular weight excluding hydrogens is 252 g/mol. The Kier molecular flexibility index (Phi) is 6.15. The maximum atomic E-state index is 11.2. The SMILES string of the molecule is CCNC(=O)CCNCc1c(Cl)c(CC)nn1C. The minimum Gasteiger partial charge on any atom is -0.356 e. The van der Waals surface area contributed by atoms with Crippen LogP contribution < -0.4 is 10.6 Å².